The zero-order chi connectivity index (χ0) is 12.5. The van der Waals surface area contributed by atoms with Gasteiger partial charge in [0, 0.05) is 20.5 Å². The second-order valence-electron chi connectivity index (χ2n) is 4.16. The van der Waals surface area contributed by atoms with E-state index in [9.17, 15) is 4.79 Å². The van der Waals surface area contributed by atoms with E-state index in [0.29, 0.717) is 0 Å². The Morgan fingerprint density at radius 3 is 2.78 bits per heavy atom. The molecule has 0 radical (unpaired) electrons. The van der Waals surface area contributed by atoms with Crippen LogP contribution in [0.2, 0.25) is 0 Å². The molecule has 18 heavy (non-hydrogen) atoms. The van der Waals surface area contributed by atoms with E-state index in [4.69, 9.17) is 0 Å². The number of nitrogens with one attached hydrogen (secondary N) is 2. The van der Waals surface area contributed by atoms with Crippen molar-refractivity contribution in [2.24, 2.45) is 0 Å². The largest absolute Gasteiger partial charge is 0.370 e. The Morgan fingerprint density at radius 2 is 1.94 bits per heavy atom. The average Bonchev–Trinajstić information content (AvgIpc) is 2.66. The van der Waals surface area contributed by atoms with Crippen LogP contribution in [0.15, 0.2) is 48.5 Å². The predicted octanol–water partition coefficient (Wildman–Crippen LogP) is 3.40. The third-order valence-electron chi connectivity index (χ3n) is 2.93. The number of rotatable bonds is 2. The number of carbonyl (C=O) groups excluding carboxylic acids is 1. The molecule has 0 fully saturated rings. The Morgan fingerprint density at radius 1 is 1.11 bits per heavy atom. The highest BCUT2D eigenvalue weighted by molar-refractivity contribution is 14.1. The van der Waals surface area contributed by atoms with Crippen molar-refractivity contribution in [2.45, 2.75) is 6.04 Å². The molecule has 1 unspecified atom stereocenters. The van der Waals surface area contributed by atoms with Gasteiger partial charge in [-0.05, 0) is 46.9 Å². The summed E-state index contributed by atoms with van der Waals surface area (Å²) < 4.78 is 1.14. The minimum absolute atomic E-state index is 0.00457. The molecule has 4 heteroatoms. The van der Waals surface area contributed by atoms with Gasteiger partial charge in [-0.2, -0.15) is 0 Å². The maximum atomic E-state index is 11.9. The van der Waals surface area contributed by atoms with Crippen molar-refractivity contribution in [1.29, 1.82) is 0 Å². The summed E-state index contributed by atoms with van der Waals surface area (Å²) in [6.45, 7) is 0. The standard InChI is InChI=1S/C14H11IN2O/c15-9-4-3-5-10(8-9)16-13-11-6-1-2-7-12(11)17-14(13)18/h1-8,13,16H,(H,17,18). The highest BCUT2D eigenvalue weighted by Crippen LogP contribution is 2.32. The molecule has 90 valence electrons. The first kappa shape index (κ1) is 11.5. The van der Waals surface area contributed by atoms with E-state index in [1.165, 1.54) is 0 Å². The van der Waals surface area contributed by atoms with E-state index in [2.05, 4.69) is 33.2 Å². The number of hydrogen-bond donors (Lipinski definition) is 2. The number of amides is 1. The van der Waals surface area contributed by atoms with Gasteiger partial charge in [-0.25, -0.2) is 0 Å². The molecule has 1 amide bonds. The second kappa shape index (κ2) is 4.61. The van der Waals surface area contributed by atoms with Crippen molar-refractivity contribution in [3.63, 3.8) is 0 Å². The Balaban J connectivity index is 1.91. The number of para-hydroxylation sites is 1. The summed E-state index contributed by atoms with van der Waals surface area (Å²) in [6, 6.07) is 15.4. The van der Waals surface area contributed by atoms with Gasteiger partial charge in [0.15, 0.2) is 0 Å². The number of carbonyl (C=O) groups is 1. The molecule has 0 bridgehead atoms. The fourth-order valence-corrected chi connectivity index (χ4v) is 2.64. The maximum Gasteiger partial charge on any atom is 0.251 e. The molecule has 2 aromatic rings. The summed E-state index contributed by atoms with van der Waals surface area (Å²) in [5.74, 6) is -0.00457. The van der Waals surface area contributed by atoms with Crippen LogP contribution in [0.25, 0.3) is 0 Å². The SMILES string of the molecule is O=C1Nc2ccccc2C1Nc1cccc(I)c1. The molecule has 1 heterocycles. The van der Waals surface area contributed by atoms with Crippen molar-refractivity contribution in [2.75, 3.05) is 10.6 Å². The molecule has 0 aromatic heterocycles. The number of benzene rings is 2. The molecule has 1 atom stereocenters. The minimum Gasteiger partial charge on any atom is -0.370 e. The third-order valence-corrected chi connectivity index (χ3v) is 3.60. The van der Waals surface area contributed by atoms with Gasteiger partial charge in [-0.3, -0.25) is 4.79 Å². The molecular weight excluding hydrogens is 339 g/mol. The molecule has 2 aromatic carbocycles. The van der Waals surface area contributed by atoms with Crippen LogP contribution in [0.1, 0.15) is 11.6 Å². The van der Waals surface area contributed by atoms with Crippen molar-refractivity contribution < 1.29 is 4.79 Å². The van der Waals surface area contributed by atoms with Crippen LogP contribution in [0.5, 0.6) is 0 Å². The minimum atomic E-state index is -0.306. The van der Waals surface area contributed by atoms with Crippen molar-refractivity contribution in [3.05, 3.63) is 57.7 Å². The van der Waals surface area contributed by atoms with Gasteiger partial charge in [0.05, 0.1) is 0 Å². The van der Waals surface area contributed by atoms with E-state index >= 15 is 0 Å². The first-order valence-electron chi connectivity index (χ1n) is 5.66. The van der Waals surface area contributed by atoms with Gasteiger partial charge in [-0.15, -0.1) is 0 Å². The van der Waals surface area contributed by atoms with E-state index in [0.717, 1.165) is 20.5 Å². The highest BCUT2D eigenvalue weighted by Gasteiger charge is 2.29. The summed E-state index contributed by atoms with van der Waals surface area (Å²) in [5, 5.41) is 6.15. The molecule has 3 nitrogen and oxygen atoms in total. The van der Waals surface area contributed by atoms with Crippen LogP contribution in [-0.2, 0) is 4.79 Å². The van der Waals surface area contributed by atoms with E-state index in [1.807, 2.05) is 48.5 Å². The molecule has 0 saturated heterocycles. The Labute approximate surface area is 119 Å². The molecule has 0 saturated carbocycles. The van der Waals surface area contributed by atoms with Gasteiger partial charge in [0.1, 0.15) is 6.04 Å². The van der Waals surface area contributed by atoms with Gasteiger partial charge < -0.3 is 10.6 Å². The lowest BCUT2D eigenvalue weighted by atomic mass is 10.1. The van der Waals surface area contributed by atoms with Gasteiger partial charge in [0.25, 0.3) is 5.91 Å². The monoisotopic (exact) mass is 350 g/mol. The summed E-state index contributed by atoms with van der Waals surface area (Å²) in [4.78, 5) is 11.9. The van der Waals surface area contributed by atoms with E-state index in [-0.39, 0.29) is 11.9 Å². The zero-order valence-electron chi connectivity index (χ0n) is 9.48. The predicted molar refractivity (Wildman–Crippen MR) is 80.6 cm³/mol. The number of hydrogen-bond acceptors (Lipinski definition) is 2. The first-order valence-corrected chi connectivity index (χ1v) is 6.74. The smallest absolute Gasteiger partial charge is 0.251 e. The molecule has 0 spiro atoms. The third kappa shape index (κ3) is 2.08. The maximum absolute atomic E-state index is 11.9. The van der Waals surface area contributed by atoms with Crippen molar-refractivity contribution in [1.82, 2.24) is 0 Å². The number of fused-ring (bicyclic) bond motifs is 1. The van der Waals surface area contributed by atoms with Crippen molar-refractivity contribution >= 4 is 39.9 Å². The van der Waals surface area contributed by atoms with Crippen LogP contribution in [0.4, 0.5) is 11.4 Å². The fraction of sp³-hybridized carbons (Fsp3) is 0.0714. The summed E-state index contributed by atoms with van der Waals surface area (Å²) in [6.07, 6.45) is 0. The van der Waals surface area contributed by atoms with E-state index in [1.54, 1.807) is 0 Å². The zero-order valence-corrected chi connectivity index (χ0v) is 11.6. The normalized spacial score (nSPS) is 17.2. The molecule has 2 N–H and O–H groups in total. The van der Waals surface area contributed by atoms with Gasteiger partial charge in [0.2, 0.25) is 0 Å². The topological polar surface area (TPSA) is 41.1 Å². The number of halogens is 1. The Kier molecular flexibility index (Phi) is 2.95. The Hall–Kier alpha value is -1.56. The summed E-state index contributed by atoms with van der Waals surface area (Å²) in [7, 11) is 0. The molecular formula is C14H11IN2O. The molecule has 0 aliphatic carbocycles. The molecule has 1 aliphatic rings. The van der Waals surface area contributed by atoms with E-state index < -0.39 is 0 Å². The van der Waals surface area contributed by atoms with Crippen LogP contribution in [0, 0.1) is 3.57 Å². The number of anilines is 2. The fourth-order valence-electron chi connectivity index (χ4n) is 2.10. The van der Waals surface area contributed by atoms with Crippen molar-refractivity contribution in [3.8, 4) is 0 Å². The summed E-state index contributed by atoms with van der Waals surface area (Å²) in [5.41, 5.74) is 2.85. The molecule has 3 rings (SSSR count). The second-order valence-corrected chi connectivity index (χ2v) is 5.41. The van der Waals surface area contributed by atoms with Crippen LogP contribution < -0.4 is 10.6 Å². The van der Waals surface area contributed by atoms with Crippen LogP contribution in [0.3, 0.4) is 0 Å². The summed E-state index contributed by atoms with van der Waals surface area (Å²) >= 11 is 2.26. The van der Waals surface area contributed by atoms with Gasteiger partial charge in [-0.1, -0.05) is 24.3 Å². The Bertz CT molecular complexity index is 612. The van der Waals surface area contributed by atoms with Gasteiger partial charge >= 0.3 is 0 Å². The van der Waals surface area contributed by atoms with Crippen LogP contribution in [-0.4, -0.2) is 5.91 Å². The lowest BCUT2D eigenvalue weighted by Gasteiger charge is -2.13. The average molecular weight is 350 g/mol. The van der Waals surface area contributed by atoms with Crippen LogP contribution >= 0.6 is 22.6 Å². The molecule has 1 aliphatic heterocycles. The quantitative estimate of drug-likeness (QED) is 0.816. The lowest BCUT2D eigenvalue weighted by Crippen LogP contribution is -2.19. The highest BCUT2D eigenvalue weighted by atomic mass is 127. The lowest BCUT2D eigenvalue weighted by molar-refractivity contribution is -0.116. The first-order chi connectivity index (χ1) is 8.74.